The highest BCUT2D eigenvalue weighted by Crippen LogP contribution is 2.18. The summed E-state index contributed by atoms with van der Waals surface area (Å²) in [6, 6.07) is 21.5. The van der Waals surface area contributed by atoms with E-state index in [4.69, 9.17) is 4.74 Å². The molecular weight excluding hydrogens is 436 g/mol. The van der Waals surface area contributed by atoms with Crippen LogP contribution in [0.3, 0.4) is 0 Å². The van der Waals surface area contributed by atoms with E-state index < -0.39 is 24.5 Å². The van der Waals surface area contributed by atoms with Gasteiger partial charge in [-0.3, -0.25) is 9.59 Å². The average Bonchev–Trinajstić information content (AvgIpc) is 2.87. The monoisotopic (exact) mass is 460 g/mol. The van der Waals surface area contributed by atoms with Crippen LogP contribution >= 0.6 is 0 Å². The maximum atomic E-state index is 12.8. The van der Waals surface area contributed by atoms with Crippen LogP contribution < -0.4 is 10.6 Å². The first-order valence-electron chi connectivity index (χ1n) is 10.5. The van der Waals surface area contributed by atoms with E-state index in [9.17, 15) is 19.2 Å². The van der Waals surface area contributed by atoms with Gasteiger partial charge < -0.3 is 20.1 Å². The molecule has 0 aliphatic rings. The minimum Gasteiger partial charge on any atom is -0.465 e. The summed E-state index contributed by atoms with van der Waals surface area (Å²) in [5.41, 5.74) is 1.99. The number of carbonyl (C=O) groups excluding carboxylic acids is 4. The molecule has 0 spiro atoms. The molecule has 2 N–H and O–H groups in total. The van der Waals surface area contributed by atoms with Crippen LogP contribution in [0.15, 0.2) is 78.9 Å². The van der Waals surface area contributed by atoms with Crippen LogP contribution in [0.25, 0.3) is 0 Å². The smallest absolute Gasteiger partial charge is 0.338 e. The summed E-state index contributed by atoms with van der Waals surface area (Å²) >= 11 is 0. The fraction of sp³-hybridized carbons (Fsp3) is 0.154. The third-order valence-corrected chi connectivity index (χ3v) is 4.97. The Hall–Kier alpha value is -4.46. The molecule has 174 valence electrons. The van der Waals surface area contributed by atoms with Gasteiger partial charge in [0.05, 0.1) is 35.5 Å². The Morgan fingerprint density at radius 2 is 1.38 bits per heavy atom. The molecule has 8 heteroatoms. The number of amides is 2. The second-order valence-electron chi connectivity index (χ2n) is 7.34. The number of nitrogens with one attached hydrogen (secondary N) is 2. The molecule has 2 amide bonds. The molecule has 8 nitrogen and oxygen atoms in total. The standard InChI is InChI=1S/C26H24N2O6/c1-17(18-8-4-3-5-9-18)27-24(30)21-10-6-7-11-22(21)28-23(29)16-34-26(32)20-14-12-19(13-15-20)25(31)33-2/h3-15,17H,16H2,1-2H3,(H,27,30)(H,28,29). The fourth-order valence-corrected chi connectivity index (χ4v) is 3.15. The second kappa shape index (κ2) is 11.4. The Kier molecular flexibility index (Phi) is 8.12. The Morgan fingerprint density at radius 1 is 0.794 bits per heavy atom. The summed E-state index contributed by atoms with van der Waals surface area (Å²) in [7, 11) is 1.26. The number of ether oxygens (including phenoxy) is 2. The molecule has 0 saturated carbocycles. The van der Waals surface area contributed by atoms with Gasteiger partial charge in [-0.25, -0.2) is 9.59 Å². The molecular formula is C26H24N2O6. The Balaban J connectivity index is 1.58. The third kappa shape index (κ3) is 6.29. The largest absolute Gasteiger partial charge is 0.465 e. The highest BCUT2D eigenvalue weighted by Gasteiger charge is 2.17. The average molecular weight is 460 g/mol. The molecule has 1 atom stereocenters. The van der Waals surface area contributed by atoms with Crippen LogP contribution in [-0.2, 0) is 14.3 Å². The number of anilines is 1. The molecule has 3 aromatic rings. The molecule has 3 aromatic carbocycles. The van der Waals surface area contributed by atoms with Crippen LogP contribution in [0.4, 0.5) is 5.69 Å². The first-order valence-corrected chi connectivity index (χ1v) is 10.5. The van der Waals surface area contributed by atoms with Gasteiger partial charge in [-0.05, 0) is 48.9 Å². The quantitative estimate of drug-likeness (QED) is 0.495. The van der Waals surface area contributed by atoms with Crippen LogP contribution in [-0.4, -0.2) is 37.5 Å². The number of methoxy groups -OCH3 is 1. The number of benzene rings is 3. The molecule has 0 heterocycles. The van der Waals surface area contributed by atoms with Crippen molar-refractivity contribution in [2.75, 3.05) is 19.0 Å². The minimum atomic E-state index is -0.728. The van der Waals surface area contributed by atoms with E-state index in [0.29, 0.717) is 5.69 Å². The van der Waals surface area contributed by atoms with E-state index in [1.807, 2.05) is 37.3 Å². The van der Waals surface area contributed by atoms with Gasteiger partial charge in [0.15, 0.2) is 6.61 Å². The van der Waals surface area contributed by atoms with E-state index in [2.05, 4.69) is 15.4 Å². The molecule has 3 rings (SSSR count). The summed E-state index contributed by atoms with van der Waals surface area (Å²) in [5.74, 6) is -2.21. The summed E-state index contributed by atoms with van der Waals surface area (Å²) in [5, 5.41) is 5.51. The molecule has 0 aromatic heterocycles. The zero-order chi connectivity index (χ0) is 24.5. The first-order chi connectivity index (χ1) is 16.4. The van der Waals surface area contributed by atoms with E-state index >= 15 is 0 Å². The van der Waals surface area contributed by atoms with Gasteiger partial charge in [0.2, 0.25) is 0 Å². The van der Waals surface area contributed by atoms with Crippen molar-refractivity contribution in [2.24, 2.45) is 0 Å². The highest BCUT2D eigenvalue weighted by atomic mass is 16.5. The molecule has 34 heavy (non-hydrogen) atoms. The van der Waals surface area contributed by atoms with E-state index in [0.717, 1.165) is 5.56 Å². The van der Waals surface area contributed by atoms with Gasteiger partial charge in [-0.15, -0.1) is 0 Å². The van der Waals surface area contributed by atoms with Crippen molar-refractivity contribution in [2.45, 2.75) is 13.0 Å². The summed E-state index contributed by atoms with van der Waals surface area (Å²) < 4.78 is 9.65. The van der Waals surface area contributed by atoms with Crippen molar-refractivity contribution in [3.63, 3.8) is 0 Å². The molecule has 0 aliphatic heterocycles. The molecule has 1 unspecified atom stereocenters. The van der Waals surface area contributed by atoms with Crippen LogP contribution in [0.5, 0.6) is 0 Å². The number of esters is 2. The number of hydrogen-bond acceptors (Lipinski definition) is 6. The van der Waals surface area contributed by atoms with E-state index in [1.54, 1.807) is 24.3 Å². The summed E-state index contributed by atoms with van der Waals surface area (Å²) in [4.78, 5) is 48.8. The summed E-state index contributed by atoms with van der Waals surface area (Å²) in [6.07, 6.45) is 0. The van der Waals surface area contributed by atoms with Gasteiger partial charge in [0.1, 0.15) is 0 Å². The number of rotatable bonds is 8. The SMILES string of the molecule is COC(=O)c1ccc(C(=O)OCC(=O)Nc2ccccc2C(=O)NC(C)c2ccccc2)cc1. The molecule has 0 bridgehead atoms. The van der Waals surface area contributed by atoms with Crippen LogP contribution in [0.1, 0.15) is 49.6 Å². The highest BCUT2D eigenvalue weighted by molar-refractivity contribution is 6.04. The minimum absolute atomic E-state index is 0.176. The molecule has 0 saturated heterocycles. The van der Waals surface area contributed by atoms with Gasteiger partial charge in [-0.2, -0.15) is 0 Å². The van der Waals surface area contributed by atoms with E-state index in [-0.39, 0.29) is 28.6 Å². The number of hydrogen-bond donors (Lipinski definition) is 2. The summed E-state index contributed by atoms with van der Waals surface area (Å²) in [6.45, 7) is 1.32. The Labute approximate surface area is 196 Å². The molecule has 0 radical (unpaired) electrons. The molecule has 0 aliphatic carbocycles. The lowest BCUT2D eigenvalue weighted by Crippen LogP contribution is -2.28. The van der Waals surface area contributed by atoms with Crippen molar-refractivity contribution >= 4 is 29.4 Å². The van der Waals surface area contributed by atoms with Crippen molar-refractivity contribution in [1.29, 1.82) is 0 Å². The second-order valence-corrected chi connectivity index (χ2v) is 7.34. The maximum absolute atomic E-state index is 12.8. The third-order valence-electron chi connectivity index (χ3n) is 4.97. The Bertz CT molecular complexity index is 1180. The lowest BCUT2D eigenvalue weighted by Gasteiger charge is -2.16. The van der Waals surface area contributed by atoms with E-state index in [1.165, 1.54) is 31.4 Å². The van der Waals surface area contributed by atoms with Crippen LogP contribution in [0, 0.1) is 0 Å². The zero-order valence-electron chi connectivity index (χ0n) is 18.7. The molecule has 0 fully saturated rings. The van der Waals surface area contributed by atoms with Crippen molar-refractivity contribution in [3.05, 3.63) is 101 Å². The maximum Gasteiger partial charge on any atom is 0.338 e. The van der Waals surface area contributed by atoms with Gasteiger partial charge in [0.25, 0.3) is 11.8 Å². The topological polar surface area (TPSA) is 111 Å². The van der Waals surface area contributed by atoms with Gasteiger partial charge in [-0.1, -0.05) is 42.5 Å². The zero-order valence-corrected chi connectivity index (χ0v) is 18.7. The predicted octanol–water partition coefficient (Wildman–Crippen LogP) is 3.76. The lowest BCUT2D eigenvalue weighted by atomic mass is 10.1. The Morgan fingerprint density at radius 3 is 2.03 bits per heavy atom. The lowest BCUT2D eigenvalue weighted by molar-refractivity contribution is -0.119. The van der Waals surface area contributed by atoms with Crippen LogP contribution in [0.2, 0.25) is 0 Å². The van der Waals surface area contributed by atoms with Crippen molar-refractivity contribution in [1.82, 2.24) is 5.32 Å². The van der Waals surface area contributed by atoms with Gasteiger partial charge >= 0.3 is 11.9 Å². The first kappa shape index (κ1) is 24.2. The van der Waals surface area contributed by atoms with Crippen molar-refractivity contribution < 1.29 is 28.7 Å². The van der Waals surface area contributed by atoms with Gasteiger partial charge in [0, 0.05) is 0 Å². The number of carbonyl (C=O) groups is 4. The predicted molar refractivity (Wildman–Crippen MR) is 125 cm³/mol. The fourth-order valence-electron chi connectivity index (χ4n) is 3.15. The van der Waals surface area contributed by atoms with Crippen molar-refractivity contribution in [3.8, 4) is 0 Å². The number of para-hydroxylation sites is 1. The normalized spacial score (nSPS) is 11.1.